The van der Waals surface area contributed by atoms with Crippen molar-refractivity contribution in [2.75, 3.05) is 7.11 Å². The maximum absolute atomic E-state index is 4.96. The van der Waals surface area contributed by atoms with Crippen molar-refractivity contribution in [3.8, 4) is 17.1 Å². The lowest BCUT2D eigenvalue weighted by Gasteiger charge is -2.04. The van der Waals surface area contributed by atoms with Crippen molar-refractivity contribution in [3.63, 3.8) is 0 Å². The topological polar surface area (TPSA) is 35.0 Å². The zero-order valence-corrected chi connectivity index (χ0v) is 8.77. The minimum Gasteiger partial charge on any atom is -0.480 e. The zero-order chi connectivity index (χ0) is 10.7. The van der Waals surface area contributed by atoms with E-state index < -0.39 is 0 Å². The zero-order valence-electron chi connectivity index (χ0n) is 8.77. The number of benzene rings is 1. The van der Waals surface area contributed by atoms with Gasteiger partial charge in [-0.2, -0.15) is 0 Å². The lowest BCUT2D eigenvalue weighted by atomic mass is 10.1. The van der Waals surface area contributed by atoms with Crippen LogP contribution in [0.1, 0.15) is 5.56 Å². The van der Waals surface area contributed by atoms with Gasteiger partial charge in [0.15, 0.2) is 0 Å². The molecule has 0 amide bonds. The average Bonchev–Trinajstić information content (AvgIpc) is 2.30. The molecule has 2 rings (SSSR count). The first-order chi connectivity index (χ1) is 7.31. The maximum atomic E-state index is 4.96. The summed E-state index contributed by atoms with van der Waals surface area (Å²) in [5.74, 6) is 0.535. The van der Waals surface area contributed by atoms with Crippen LogP contribution in [-0.4, -0.2) is 17.3 Å². The summed E-state index contributed by atoms with van der Waals surface area (Å²) in [5, 5.41) is 8.05. The second-order valence-electron chi connectivity index (χ2n) is 3.28. The Bertz CT molecular complexity index is 451. The Balaban J connectivity index is 2.42. The molecule has 0 fully saturated rings. The van der Waals surface area contributed by atoms with E-state index in [2.05, 4.69) is 23.2 Å². The number of hydrogen-bond donors (Lipinski definition) is 0. The number of ether oxygens (including phenoxy) is 1. The van der Waals surface area contributed by atoms with Gasteiger partial charge < -0.3 is 4.74 Å². The van der Waals surface area contributed by atoms with Crippen LogP contribution in [0.4, 0.5) is 0 Å². The third-order valence-electron chi connectivity index (χ3n) is 2.27. The molecule has 0 unspecified atom stereocenters. The Labute approximate surface area is 88.7 Å². The van der Waals surface area contributed by atoms with Gasteiger partial charge in [0.05, 0.1) is 12.8 Å². The fourth-order valence-corrected chi connectivity index (χ4v) is 1.43. The van der Waals surface area contributed by atoms with E-state index in [0.29, 0.717) is 5.88 Å². The molecule has 3 heteroatoms. The average molecular weight is 200 g/mol. The molecule has 0 bridgehead atoms. The summed E-state index contributed by atoms with van der Waals surface area (Å²) in [5.41, 5.74) is 3.17. The SMILES string of the molecule is COc1ccc(-c2ccccc2C)nn1. The van der Waals surface area contributed by atoms with Crippen LogP contribution in [0, 0.1) is 6.92 Å². The fourth-order valence-electron chi connectivity index (χ4n) is 1.43. The van der Waals surface area contributed by atoms with Crippen LogP contribution in [0.3, 0.4) is 0 Å². The van der Waals surface area contributed by atoms with Crippen molar-refractivity contribution >= 4 is 0 Å². The number of aryl methyl sites for hydroxylation is 1. The largest absolute Gasteiger partial charge is 0.480 e. The molecule has 0 radical (unpaired) electrons. The number of hydrogen-bond acceptors (Lipinski definition) is 3. The van der Waals surface area contributed by atoms with Gasteiger partial charge in [0.2, 0.25) is 5.88 Å². The molecule has 76 valence electrons. The van der Waals surface area contributed by atoms with E-state index in [1.165, 1.54) is 5.56 Å². The van der Waals surface area contributed by atoms with E-state index in [1.807, 2.05) is 30.3 Å². The Morgan fingerprint density at radius 3 is 2.40 bits per heavy atom. The Morgan fingerprint density at radius 1 is 1.00 bits per heavy atom. The van der Waals surface area contributed by atoms with Crippen LogP contribution in [0.25, 0.3) is 11.3 Å². The predicted octanol–water partition coefficient (Wildman–Crippen LogP) is 2.46. The summed E-state index contributed by atoms with van der Waals surface area (Å²) in [6.45, 7) is 2.06. The van der Waals surface area contributed by atoms with Gasteiger partial charge in [-0.25, -0.2) is 0 Å². The molecule has 0 atom stereocenters. The van der Waals surface area contributed by atoms with Gasteiger partial charge in [-0.05, 0) is 18.6 Å². The number of methoxy groups -OCH3 is 1. The molecular formula is C12H12N2O. The summed E-state index contributed by atoms with van der Waals surface area (Å²) >= 11 is 0. The normalized spacial score (nSPS) is 10.0. The summed E-state index contributed by atoms with van der Waals surface area (Å²) in [6, 6.07) is 11.8. The molecule has 3 nitrogen and oxygen atoms in total. The van der Waals surface area contributed by atoms with E-state index >= 15 is 0 Å². The van der Waals surface area contributed by atoms with Crippen LogP contribution in [-0.2, 0) is 0 Å². The molecule has 1 aromatic heterocycles. The third kappa shape index (κ3) is 1.96. The first kappa shape index (κ1) is 9.65. The minimum atomic E-state index is 0.535. The van der Waals surface area contributed by atoms with Crippen molar-refractivity contribution < 1.29 is 4.74 Å². The molecule has 0 spiro atoms. The van der Waals surface area contributed by atoms with Gasteiger partial charge in [-0.15, -0.1) is 10.2 Å². The smallest absolute Gasteiger partial charge is 0.233 e. The highest BCUT2D eigenvalue weighted by Crippen LogP contribution is 2.20. The van der Waals surface area contributed by atoms with Gasteiger partial charge in [-0.1, -0.05) is 24.3 Å². The summed E-state index contributed by atoms with van der Waals surface area (Å²) in [6.07, 6.45) is 0. The quantitative estimate of drug-likeness (QED) is 0.747. The van der Waals surface area contributed by atoms with Gasteiger partial charge >= 0.3 is 0 Å². The van der Waals surface area contributed by atoms with E-state index in [9.17, 15) is 0 Å². The Morgan fingerprint density at radius 2 is 1.80 bits per heavy atom. The van der Waals surface area contributed by atoms with Crippen LogP contribution < -0.4 is 4.74 Å². The lowest BCUT2D eigenvalue weighted by molar-refractivity contribution is 0.392. The van der Waals surface area contributed by atoms with Crippen molar-refractivity contribution in [3.05, 3.63) is 42.0 Å². The van der Waals surface area contributed by atoms with Crippen molar-refractivity contribution in [1.82, 2.24) is 10.2 Å². The number of rotatable bonds is 2. The molecule has 1 aromatic carbocycles. The number of nitrogens with zero attached hydrogens (tertiary/aromatic N) is 2. The minimum absolute atomic E-state index is 0.535. The standard InChI is InChI=1S/C12H12N2O/c1-9-5-3-4-6-10(9)11-7-8-12(15-2)14-13-11/h3-8H,1-2H3. The van der Waals surface area contributed by atoms with Crippen LogP contribution in [0.15, 0.2) is 36.4 Å². The lowest BCUT2D eigenvalue weighted by Crippen LogP contribution is -1.93. The van der Waals surface area contributed by atoms with E-state index in [1.54, 1.807) is 7.11 Å². The highest BCUT2D eigenvalue weighted by atomic mass is 16.5. The van der Waals surface area contributed by atoms with Crippen LogP contribution in [0.2, 0.25) is 0 Å². The van der Waals surface area contributed by atoms with Crippen molar-refractivity contribution in [2.24, 2.45) is 0 Å². The highest BCUT2D eigenvalue weighted by molar-refractivity contribution is 5.62. The fraction of sp³-hybridized carbons (Fsp3) is 0.167. The summed E-state index contributed by atoms with van der Waals surface area (Å²) in [7, 11) is 1.58. The Hall–Kier alpha value is -1.90. The van der Waals surface area contributed by atoms with Gasteiger partial charge in [0, 0.05) is 11.6 Å². The molecule has 0 saturated carbocycles. The highest BCUT2D eigenvalue weighted by Gasteiger charge is 2.03. The van der Waals surface area contributed by atoms with Crippen molar-refractivity contribution in [2.45, 2.75) is 6.92 Å². The van der Waals surface area contributed by atoms with Crippen LogP contribution >= 0.6 is 0 Å². The molecule has 0 aliphatic carbocycles. The Kier molecular flexibility index (Phi) is 2.63. The molecule has 1 heterocycles. The van der Waals surface area contributed by atoms with Gasteiger partial charge in [0.1, 0.15) is 0 Å². The molecule has 2 aromatic rings. The summed E-state index contributed by atoms with van der Waals surface area (Å²) in [4.78, 5) is 0. The molecule has 0 N–H and O–H groups in total. The first-order valence-corrected chi connectivity index (χ1v) is 4.75. The first-order valence-electron chi connectivity index (χ1n) is 4.75. The second-order valence-corrected chi connectivity index (χ2v) is 3.28. The van der Waals surface area contributed by atoms with E-state index in [0.717, 1.165) is 11.3 Å². The molecule has 0 saturated heterocycles. The van der Waals surface area contributed by atoms with E-state index in [-0.39, 0.29) is 0 Å². The second kappa shape index (κ2) is 4.09. The monoisotopic (exact) mass is 200 g/mol. The van der Waals surface area contributed by atoms with Crippen LogP contribution in [0.5, 0.6) is 5.88 Å². The van der Waals surface area contributed by atoms with E-state index in [4.69, 9.17) is 4.74 Å². The number of aromatic nitrogens is 2. The molecule has 0 aliphatic rings. The third-order valence-corrected chi connectivity index (χ3v) is 2.27. The van der Waals surface area contributed by atoms with Crippen molar-refractivity contribution in [1.29, 1.82) is 0 Å². The van der Waals surface area contributed by atoms with Gasteiger partial charge in [0.25, 0.3) is 0 Å². The summed E-state index contributed by atoms with van der Waals surface area (Å²) < 4.78 is 4.96. The predicted molar refractivity (Wildman–Crippen MR) is 58.8 cm³/mol. The molecule has 15 heavy (non-hydrogen) atoms. The molecular weight excluding hydrogens is 188 g/mol. The molecule has 0 aliphatic heterocycles. The maximum Gasteiger partial charge on any atom is 0.233 e. The van der Waals surface area contributed by atoms with Gasteiger partial charge in [-0.3, -0.25) is 0 Å².